The molecule has 3 aromatic rings. The number of hydrogen-bond acceptors (Lipinski definition) is 7. The third-order valence-corrected chi connectivity index (χ3v) is 4.34. The van der Waals surface area contributed by atoms with Gasteiger partial charge in [-0.05, 0) is 31.5 Å². The molecule has 1 aromatic carbocycles. The van der Waals surface area contributed by atoms with E-state index in [-0.39, 0.29) is 11.7 Å². The lowest BCUT2D eigenvalue weighted by atomic mass is 10.1. The standard InChI is InChI=1S/C16H15N5O2S/c1-9-3-4-11(22)10(2)14(9)21-15(23)12-7-18-16(24-12)20-13-5-6-17-8-19-13/h3-8,22H,1-2H3,(H,21,23)(H,17,18,19,20). The normalized spacial score (nSPS) is 10.4. The zero-order chi connectivity index (χ0) is 17.1. The van der Waals surface area contributed by atoms with Crippen LogP contribution in [0.25, 0.3) is 0 Å². The Balaban J connectivity index is 1.76. The van der Waals surface area contributed by atoms with E-state index in [9.17, 15) is 9.90 Å². The highest BCUT2D eigenvalue weighted by Crippen LogP contribution is 2.29. The van der Waals surface area contributed by atoms with Crippen molar-refractivity contribution in [3.8, 4) is 5.75 Å². The number of aromatic nitrogens is 3. The third-order valence-electron chi connectivity index (χ3n) is 3.43. The molecule has 0 saturated heterocycles. The lowest BCUT2D eigenvalue weighted by Gasteiger charge is -2.11. The highest BCUT2D eigenvalue weighted by molar-refractivity contribution is 7.17. The molecule has 7 nitrogen and oxygen atoms in total. The number of carbonyl (C=O) groups is 1. The zero-order valence-electron chi connectivity index (χ0n) is 13.1. The van der Waals surface area contributed by atoms with Gasteiger partial charge in [0.25, 0.3) is 5.91 Å². The Kier molecular flexibility index (Phi) is 4.39. The van der Waals surface area contributed by atoms with Gasteiger partial charge in [-0.25, -0.2) is 15.0 Å². The number of benzene rings is 1. The molecule has 0 aliphatic rings. The summed E-state index contributed by atoms with van der Waals surface area (Å²) in [7, 11) is 0. The number of hydrogen-bond donors (Lipinski definition) is 3. The summed E-state index contributed by atoms with van der Waals surface area (Å²) in [5, 5.41) is 16.2. The van der Waals surface area contributed by atoms with E-state index < -0.39 is 0 Å². The Morgan fingerprint density at radius 3 is 2.79 bits per heavy atom. The van der Waals surface area contributed by atoms with Crippen LogP contribution in [0.3, 0.4) is 0 Å². The number of phenolic OH excluding ortho intramolecular Hbond substituents is 1. The van der Waals surface area contributed by atoms with Crippen molar-refractivity contribution in [1.82, 2.24) is 15.0 Å². The van der Waals surface area contributed by atoms with Crippen LogP contribution in [0.2, 0.25) is 0 Å². The first kappa shape index (κ1) is 15.9. The molecule has 122 valence electrons. The molecule has 3 N–H and O–H groups in total. The molecule has 0 fully saturated rings. The zero-order valence-corrected chi connectivity index (χ0v) is 13.9. The van der Waals surface area contributed by atoms with Crippen LogP contribution in [0.4, 0.5) is 16.6 Å². The van der Waals surface area contributed by atoms with Gasteiger partial charge in [-0.1, -0.05) is 17.4 Å². The number of nitrogens with one attached hydrogen (secondary N) is 2. The number of anilines is 3. The number of aryl methyl sites for hydroxylation is 1. The Morgan fingerprint density at radius 1 is 1.21 bits per heavy atom. The average molecular weight is 341 g/mol. The fourth-order valence-corrected chi connectivity index (χ4v) is 2.83. The molecule has 2 aromatic heterocycles. The van der Waals surface area contributed by atoms with Gasteiger partial charge in [-0.3, -0.25) is 4.79 Å². The van der Waals surface area contributed by atoms with Crippen LogP contribution in [-0.4, -0.2) is 26.0 Å². The lowest BCUT2D eigenvalue weighted by Crippen LogP contribution is -2.12. The largest absolute Gasteiger partial charge is 0.508 e. The Morgan fingerprint density at radius 2 is 2.04 bits per heavy atom. The van der Waals surface area contributed by atoms with Crippen LogP contribution < -0.4 is 10.6 Å². The molecular weight excluding hydrogens is 326 g/mol. The van der Waals surface area contributed by atoms with Gasteiger partial charge in [0.2, 0.25) is 0 Å². The van der Waals surface area contributed by atoms with Crippen molar-refractivity contribution >= 4 is 33.9 Å². The van der Waals surface area contributed by atoms with Crippen LogP contribution in [0, 0.1) is 13.8 Å². The predicted molar refractivity (Wildman–Crippen MR) is 93.0 cm³/mol. The second kappa shape index (κ2) is 6.63. The number of thiazole rings is 1. The van der Waals surface area contributed by atoms with Crippen molar-refractivity contribution in [2.24, 2.45) is 0 Å². The van der Waals surface area contributed by atoms with Crippen LogP contribution in [0.15, 0.2) is 36.9 Å². The highest BCUT2D eigenvalue weighted by Gasteiger charge is 2.15. The van der Waals surface area contributed by atoms with E-state index in [0.29, 0.717) is 27.1 Å². The minimum Gasteiger partial charge on any atom is -0.508 e. The summed E-state index contributed by atoms with van der Waals surface area (Å²) in [4.78, 5) is 24.9. The summed E-state index contributed by atoms with van der Waals surface area (Å²) in [5.41, 5.74) is 2.12. The molecule has 0 atom stereocenters. The minimum atomic E-state index is -0.278. The number of rotatable bonds is 4. The van der Waals surface area contributed by atoms with Gasteiger partial charge in [-0.15, -0.1) is 0 Å². The number of phenols is 1. The van der Waals surface area contributed by atoms with E-state index >= 15 is 0 Å². The maximum absolute atomic E-state index is 12.4. The van der Waals surface area contributed by atoms with E-state index in [4.69, 9.17) is 0 Å². The van der Waals surface area contributed by atoms with Gasteiger partial charge in [0, 0.05) is 11.8 Å². The van der Waals surface area contributed by atoms with Crippen molar-refractivity contribution in [3.63, 3.8) is 0 Å². The molecule has 2 heterocycles. The maximum Gasteiger partial charge on any atom is 0.267 e. The average Bonchev–Trinajstić information content (AvgIpc) is 3.04. The third kappa shape index (κ3) is 3.33. The van der Waals surface area contributed by atoms with Gasteiger partial charge in [0.1, 0.15) is 22.8 Å². The summed E-state index contributed by atoms with van der Waals surface area (Å²) in [6.07, 6.45) is 4.54. The molecular formula is C16H15N5O2S. The maximum atomic E-state index is 12.4. The summed E-state index contributed by atoms with van der Waals surface area (Å²) < 4.78 is 0. The monoisotopic (exact) mass is 341 g/mol. The lowest BCUT2D eigenvalue weighted by molar-refractivity contribution is 0.103. The van der Waals surface area contributed by atoms with Crippen molar-refractivity contribution in [3.05, 3.63) is 52.9 Å². The number of amides is 1. The SMILES string of the molecule is Cc1ccc(O)c(C)c1NC(=O)c1cnc(Nc2ccncn2)s1. The predicted octanol–water partition coefficient (Wildman–Crippen LogP) is 3.25. The second-order valence-corrected chi connectivity index (χ2v) is 6.14. The fourth-order valence-electron chi connectivity index (χ4n) is 2.11. The van der Waals surface area contributed by atoms with Crippen molar-refractivity contribution in [1.29, 1.82) is 0 Å². The van der Waals surface area contributed by atoms with Crippen LogP contribution >= 0.6 is 11.3 Å². The number of nitrogens with zero attached hydrogens (tertiary/aromatic N) is 3. The van der Waals surface area contributed by atoms with Gasteiger partial charge in [-0.2, -0.15) is 0 Å². The summed E-state index contributed by atoms with van der Waals surface area (Å²) in [5.74, 6) is 0.470. The van der Waals surface area contributed by atoms with Gasteiger partial charge in [0.15, 0.2) is 5.13 Å². The second-order valence-electron chi connectivity index (χ2n) is 5.10. The minimum absolute atomic E-state index is 0.145. The van der Waals surface area contributed by atoms with Crippen molar-refractivity contribution < 1.29 is 9.90 Å². The van der Waals surface area contributed by atoms with Crippen molar-refractivity contribution in [2.45, 2.75) is 13.8 Å². The summed E-state index contributed by atoms with van der Waals surface area (Å²) >= 11 is 1.21. The first-order chi connectivity index (χ1) is 11.5. The molecule has 24 heavy (non-hydrogen) atoms. The molecule has 1 amide bonds. The summed E-state index contributed by atoms with van der Waals surface area (Å²) in [6.45, 7) is 3.63. The fraction of sp³-hybridized carbons (Fsp3) is 0.125. The van der Waals surface area contributed by atoms with Crippen LogP contribution in [-0.2, 0) is 0 Å². The van der Waals surface area contributed by atoms with Crippen LogP contribution in [0.5, 0.6) is 5.75 Å². The van der Waals surface area contributed by atoms with Gasteiger partial charge in [0.05, 0.1) is 11.9 Å². The van der Waals surface area contributed by atoms with E-state index in [1.807, 2.05) is 6.92 Å². The highest BCUT2D eigenvalue weighted by atomic mass is 32.1. The van der Waals surface area contributed by atoms with E-state index in [0.717, 1.165) is 5.56 Å². The first-order valence-electron chi connectivity index (χ1n) is 7.14. The smallest absolute Gasteiger partial charge is 0.267 e. The Labute approximate surface area is 142 Å². The number of aromatic hydroxyl groups is 1. The molecule has 0 radical (unpaired) electrons. The Bertz CT molecular complexity index is 879. The van der Waals surface area contributed by atoms with Crippen molar-refractivity contribution in [2.75, 3.05) is 10.6 Å². The van der Waals surface area contributed by atoms with E-state index in [2.05, 4.69) is 25.6 Å². The molecule has 0 spiro atoms. The quantitative estimate of drug-likeness (QED) is 0.673. The first-order valence-corrected chi connectivity index (χ1v) is 7.95. The van der Waals surface area contributed by atoms with E-state index in [1.54, 1.807) is 31.3 Å². The Hall–Kier alpha value is -3.00. The van der Waals surface area contributed by atoms with Gasteiger partial charge >= 0.3 is 0 Å². The molecule has 3 rings (SSSR count). The molecule has 0 saturated carbocycles. The van der Waals surface area contributed by atoms with Gasteiger partial charge < -0.3 is 15.7 Å². The molecule has 8 heteroatoms. The van der Waals surface area contributed by atoms with Crippen LogP contribution in [0.1, 0.15) is 20.8 Å². The molecule has 0 unspecified atom stereocenters. The number of carbonyl (C=O) groups excluding carboxylic acids is 1. The molecule has 0 aliphatic carbocycles. The molecule has 0 aliphatic heterocycles. The van der Waals surface area contributed by atoms with E-state index in [1.165, 1.54) is 23.9 Å². The topological polar surface area (TPSA) is 100 Å². The molecule has 0 bridgehead atoms. The summed E-state index contributed by atoms with van der Waals surface area (Å²) in [6, 6.07) is 5.07.